The number of benzene rings is 2. The Labute approximate surface area is 398 Å². The van der Waals surface area contributed by atoms with E-state index in [1.54, 1.807) is 68.8 Å². The summed E-state index contributed by atoms with van der Waals surface area (Å²) in [5.41, 5.74) is 0.961. The molecular weight excluding hydrogens is 859 g/mol. The molecule has 3 N–H and O–H groups in total. The molecule has 0 aliphatic carbocycles. The maximum absolute atomic E-state index is 14.6. The van der Waals surface area contributed by atoms with E-state index in [-0.39, 0.29) is 48.3 Å². The number of carbonyl (C=O) groups excluding carboxylic acids is 5. The van der Waals surface area contributed by atoms with Crippen LogP contribution in [0.3, 0.4) is 0 Å². The first-order valence-electron chi connectivity index (χ1n) is 23.6. The summed E-state index contributed by atoms with van der Waals surface area (Å²) in [7, 11) is 6.56. The van der Waals surface area contributed by atoms with Gasteiger partial charge >= 0.3 is 12.1 Å². The van der Waals surface area contributed by atoms with E-state index >= 15 is 0 Å². The molecule has 374 valence electrons. The molecule has 0 radical (unpaired) electrons. The Morgan fingerprint density at radius 2 is 1.46 bits per heavy atom. The highest BCUT2D eigenvalue weighted by atomic mass is 16.7. The standard InChI is InChI=1S/C51H79N5O11/c1-15-33(6)44(40(64-13)29-41(57)56-27-19-22-39(56)45(65-14)34(7)46(58)52-38(49(61)62)28-35-20-17-16-18-21-35)55(12)48(60)42(31(2)3)53-47(59)43(32(4)5)54(11)30-36-23-25-37(26-24-36)66-50(63)67-51(8,9)10/h16-18,20-21,23-26,31-34,38-40,42-45H,15,19,22,27-30H2,1-14H3,(H,52,58)(H,53,59)(H,61,62)/t33-,34+,38?,39?,40+,42?,43?,44-,45+/m0/s1. The van der Waals surface area contributed by atoms with E-state index in [0.29, 0.717) is 38.1 Å². The van der Waals surface area contributed by atoms with Crippen molar-refractivity contribution >= 4 is 35.8 Å². The highest BCUT2D eigenvalue weighted by molar-refractivity contribution is 5.90. The maximum Gasteiger partial charge on any atom is 0.514 e. The number of carboxylic acid groups (broad SMARTS) is 1. The molecule has 2 aromatic rings. The van der Waals surface area contributed by atoms with Gasteiger partial charge in [0, 0.05) is 40.8 Å². The van der Waals surface area contributed by atoms with Crippen LogP contribution in [0.5, 0.6) is 5.75 Å². The third kappa shape index (κ3) is 16.3. The van der Waals surface area contributed by atoms with Crippen LogP contribution >= 0.6 is 0 Å². The smallest absolute Gasteiger partial charge is 0.480 e. The lowest BCUT2D eigenvalue weighted by molar-refractivity contribution is -0.148. The fourth-order valence-electron chi connectivity index (χ4n) is 9.06. The number of methoxy groups -OCH3 is 2. The second kappa shape index (κ2) is 25.9. The molecule has 0 aromatic heterocycles. The molecule has 1 aliphatic rings. The van der Waals surface area contributed by atoms with E-state index < -0.39 is 72.0 Å². The highest BCUT2D eigenvalue weighted by Crippen LogP contribution is 2.30. The number of ether oxygens (including phenoxy) is 4. The van der Waals surface area contributed by atoms with Crippen molar-refractivity contribution in [2.24, 2.45) is 23.7 Å². The van der Waals surface area contributed by atoms with Gasteiger partial charge in [-0.05, 0) is 81.7 Å². The van der Waals surface area contributed by atoms with Gasteiger partial charge in [-0.2, -0.15) is 0 Å². The third-order valence-corrected chi connectivity index (χ3v) is 12.7. The lowest BCUT2D eigenvalue weighted by Crippen LogP contribution is -2.60. The average molecular weight is 938 g/mol. The van der Waals surface area contributed by atoms with Crippen LogP contribution in [0, 0.1) is 23.7 Å². The molecule has 16 nitrogen and oxygen atoms in total. The van der Waals surface area contributed by atoms with E-state index in [2.05, 4.69) is 10.6 Å². The van der Waals surface area contributed by atoms with E-state index in [1.165, 1.54) is 14.2 Å². The van der Waals surface area contributed by atoms with Gasteiger partial charge in [0.2, 0.25) is 23.6 Å². The fourth-order valence-corrected chi connectivity index (χ4v) is 9.06. The first-order chi connectivity index (χ1) is 31.4. The number of likely N-dealkylation sites (tertiary alicyclic amines) is 1. The predicted molar refractivity (Wildman–Crippen MR) is 256 cm³/mol. The van der Waals surface area contributed by atoms with Gasteiger partial charge in [0.25, 0.3) is 0 Å². The first kappa shape index (κ1) is 56.3. The lowest BCUT2D eigenvalue weighted by Gasteiger charge is -2.41. The van der Waals surface area contributed by atoms with Gasteiger partial charge in [-0.1, -0.05) is 97.4 Å². The van der Waals surface area contributed by atoms with Crippen LogP contribution in [0.15, 0.2) is 54.6 Å². The number of rotatable bonds is 24. The molecule has 0 bridgehead atoms. The van der Waals surface area contributed by atoms with E-state index in [0.717, 1.165) is 11.1 Å². The second-order valence-corrected chi connectivity index (χ2v) is 19.7. The van der Waals surface area contributed by atoms with Crippen molar-refractivity contribution in [3.8, 4) is 5.75 Å². The Bertz CT molecular complexity index is 1920. The molecule has 0 spiro atoms. The molecule has 67 heavy (non-hydrogen) atoms. The van der Waals surface area contributed by atoms with Crippen LogP contribution in [-0.4, -0.2) is 138 Å². The van der Waals surface area contributed by atoms with Crippen molar-refractivity contribution in [3.05, 3.63) is 65.7 Å². The van der Waals surface area contributed by atoms with Crippen molar-refractivity contribution in [1.29, 1.82) is 0 Å². The zero-order valence-corrected chi connectivity index (χ0v) is 42.4. The molecule has 4 unspecified atom stereocenters. The fraction of sp³-hybridized carbons (Fsp3) is 0.647. The summed E-state index contributed by atoms with van der Waals surface area (Å²) in [6, 6.07) is 12.4. The summed E-state index contributed by atoms with van der Waals surface area (Å²) in [6.45, 7) is 19.5. The van der Waals surface area contributed by atoms with Crippen molar-refractivity contribution in [3.63, 3.8) is 0 Å². The highest BCUT2D eigenvalue weighted by Gasteiger charge is 2.43. The zero-order chi connectivity index (χ0) is 50.3. The van der Waals surface area contributed by atoms with Crippen LogP contribution in [0.2, 0.25) is 0 Å². The maximum atomic E-state index is 14.6. The summed E-state index contributed by atoms with van der Waals surface area (Å²) < 4.78 is 22.5. The van der Waals surface area contributed by atoms with Crippen molar-refractivity contribution in [2.45, 2.75) is 156 Å². The Morgan fingerprint density at radius 3 is 1.99 bits per heavy atom. The molecule has 1 heterocycles. The predicted octanol–water partition coefficient (Wildman–Crippen LogP) is 6.33. The molecule has 1 fully saturated rings. The van der Waals surface area contributed by atoms with Gasteiger partial charge in [-0.15, -0.1) is 0 Å². The molecule has 4 amide bonds. The van der Waals surface area contributed by atoms with Crippen LogP contribution in [0.4, 0.5) is 4.79 Å². The molecule has 0 saturated carbocycles. The summed E-state index contributed by atoms with van der Waals surface area (Å²) in [5.74, 6) is -3.42. The monoisotopic (exact) mass is 938 g/mol. The number of carboxylic acids is 1. The van der Waals surface area contributed by atoms with Gasteiger partial charge in [-0.25, -0.2) is 9.59 Å². The van der Waals surface area contributed by atoms with Crippen LogP contribution in [0.25, 0.3) is 0 Å². The quantitative estimate of drug-likeness (QED) is 0.0784. The molecule has 1 aliphatic heterocycles. The minimum atomic E-state index is -1.15. The van der Waals surface area contributed by atoms with Crippen molar-refractivity contribution in [2.75, 3.05) is 34.9 Å². The van der Waals surface area contributed by atoms with Crippen LogP contribution in [0.1, 0.15) is 106 Å². The number of hydrogen-bond acceptors (Lipinski definition) is 11. The number of carbonyl (C=O) groups is 6. The largest absolute Gasteiger partial charge is 0.514 e. The SMILES string of the molecule is CC[C@H](C)[C@@H]([C@@H](CC(=O)N1CCCC1[C@H](OC)[C@@H](C)C(=O)NC(Cc1ccccc1)C(=O)O)OC)N(C)C(=O)C(NC(=O)C(C(C)C)N(C)Cc1ccc(OC(=O)OC(C)(C)C)cc1)C(C)C. The summed E-state index contributed by atoms with van der Waals surface area (Å²) in [4.78, 5) is 86.4. The van der Waals surface area contributed by atoms with Gasteiger partial charge in [0.15, 0.2) is 0 Å². The number of likely N-dealkylation sites (N-methyl/N-ethyl adjacent to an activating group) is 2. The normalized spacial score (nSPS) is 17.7. The average Bonchev–Trinajstić information content (AvgIpc) is 3.74. The molecule has 2 aromatic carbocycles. The molecule has 9 atom stereocenters. The van der Waals surface area contributed by atoms with Crippen molar-refractivity contribution in [1.82, 2.24) is 25.3 Å². The zero-order valence-electron chi connectivity index (χ0n) is 42.4. The Kier molecular flexibility index (Phi) is 21.8. The topological polar surface area (TPSA) is 193 Å². The lowest BCUT2D eigenvalue weighted by atomic mass is 9.89. The minimum absolute atomic E-state index is 0.0537. The number of nitrogens with zero attached hydrogens (tertiary/aromatic N) is 3. The summed E-state index contributed by atoms with van der Waals surface area (Å²) in [5, 5.41) is 15.7. The van der Waals surface area contributed by atoms with Crippen molar-refractivity contribution < 1.29 is 52.8 Å². The van der Waals surface area contributed by atoms with E-state index in [9.17, 15) is 33.9 Å². The van der Waals surface area contributed by atoms with Gasteiger partial charge in [0.05, 0.1) is 42.7 Å². The second-order valence-electron chi connectivity index (χ2n) is 19.7. The number of hydrogen-bond donors (Lipinski definition) is 3. The minimum Gasteiger partial charge on any atom is -0.480 e. The van der Waals surface area contributed by atoms with Crippen LogP contribution in [-0.2, 0) is 51.1 Å². The van der Waals surface area contributed by atoms with E-state index in [4.69, 9.17) is 18.9 Å². The van der Waals surface area contributed by atoms with Crippen LogP contribution < -0.4 is 15.4 Å². The Hall–Kier alpha value is -5.06. The number of nitrogens with one attached hydrogen (secondary N) is 2. The molecule has 1 saturated heterocycles. The van der Waals surface area contributed by atoms with E-state index in [1.807, 2.05) is 83.8 Å². The van der Waals surface area contributed by atoms with Gasteiger partial charge in [-0.3, -0.25) is 24.1 Å². The summed E-state index contributed by atoms with van der Waals surface area (Å²) >= 11 is 0. The number of aliphatic carboxylic acids is 1. The molecular formula is C51H79N5O11. The Balaban J connectivity index is 1.76. The summed E-state index contributed by atoms with van der Waals surface area (Å²) in [6.07, 6.45) is -0.236. The first-order valence-corrected chi connectivity index (χ1v) is 23.6. The third-order valence-electron chi connectivity index (χ3n) is 12.7. The molecule has 16 heteroatoms. The van der Waals surface area contributed by atoms with Gasteiger partial charge < -0.3 is 44.5 Å². The molecule has 3 rings (SSSR count). The van der Waals surface area contributed by atoms with Gasteiger partial charge in [0.1, 0.15) is 23.4 Å². The Morgan fingerprint density at radius 1 is 0.836 bits per heavy atom. The number of amides is 4.